The number of urea groups is 2. The first-order valence-electron chi connectivity index (χ1n) is 11.0. The molecule has 0 heterocycles. The van der Waals surface area contributed by atoms with Crippen LogP contribution in [-0.2, 0) is 13.1 Å². The third-order valence-corrected chi connectivity index (χ3v) is 5.37. The minimum atomic E-state index is -0.203. The standard InChI is InChI=1S/C26H28N4O2/c31-25(27-17-20-14-15-20)28-18-21-8-7-9-22(16-21)19-29-26(32)30(23-10-3-1-4-11-23)24-12-5-2-6-13-24/h1-13,16,20H,14-15,17-19H2,(H,29,32)(H2,27,28,31). The van der Waals surface area contributed by atoms with E-state index < -0.39 is 0 Å². The smallest absolute Gasteiger partial charge is 0.326 e. The van der Waals surface area contributed by atoms with Crippen molar-refractivity contribution in [1.82, 2.24) is 16.0 Å². The molecular weight excluding hydrogens is 400 g/mol. The molecule has 1 aliphatic carbocycles. The third-order valence-electron chi connectivity index (χ3n) is 5.37. The molecule has 0 aromatic heterocycles. The van der Waals surface area contributed by atoms with Gasteiger partial charge >= 0.3 is 12.1 Å². The van der Waals surface area contributed by atoms with E-state index in [1.807, 2.05) is 84.9 Å². The van der Waals surface area contributed by atoms with Gasteiger partial charge in [-0.2, -0.15) is 0 Å². The van der Waals surface area contributed by atoms with E-state index in [0.717, 1.165) is 29.0 Å². The lowest BCUT2D eigenvalue weighted by Gasteiger charge is -2.23. The Bertz CT molecular complexity index is 996. The number of hydrogen-bond donors (Lipinski definition) is 3. The van der Waals surface area contributed by atoms with Crippen molar-refractivity contribution in [3.8, 4) is 0 Å². The van der Waals surface area contributed by atoms with Crippen LogP contribution in [0.4, 0.5) is 21.0 Å². The monoisotopic (exact) mass is 428 g/mol. The van der Waals surface area contributed by atoms with Gasteiger partial charge in [0.25, 0.3) is 0 Å². The van der Waals surface area contributed by atoms with Crippen LogP contribution in [0.1, 0.15) is 24.0 Å². The van der Waals surface area contributed by atoms with Gasteiger partial charge in [0.05, 0.1) is 11.4 Å². The molecule has 32 heavy (non-hydrogen) atoms. The summed E-state index contributed by atoms with van der Waals surface area (Å²) < 4.78 is 0. The number of para-hydroxylation sites is 2. The van der Waals surface area contributed by atoms with E-state index in [4.69, 9.17) is 0 Å². The van der Waals surface area contributed by atoms with Crippen LogP contribution < -0.4 is 20.9 Å². The van der Waals surface area contributed by atoms with Crippen molar-refractivity contribution >= 4 is 23.4 Å². The number of rotatable bonds is 8. The zero-order valence-corrected chi connectivity index (χ0v) is 18.0. The molecule has 0 saturated heterocycles. The molecular formula is C26H28N4O2. The van der Waals surface area contributed by atoms with Crippen LogP contribution in [0.15, 0.2) is 84.9 Å². The Balaban J connectivity index is 1.36. The van der Waals surface area contributed by atoms with Crippen LogP contribution in [0.25, 0.3) is 0 Å². The second kappa shape index (κ2) is 10.5. The van der Waals surface area contributed by atoms with E-state index in [9.17, 15) is 9.59 Å². The van der Waals surface area contributed by atoms with Gasteiger partial charge in [-0.15, -0.1) is 0 Å². The molecule has 4 rings (SSSR count). The highest BCUT2D eigenvalue weighted by atomic mass is 16.2. The van der Waals surface area contributed by atoms with Gasteiger partial charge in [0.2, 0.25) is 0 Å². The topological polar surface area (TPSA) is 73.5 Å². The molecule has 164 valence electrons. The first-order valence-corrected chi connectivity index (χ1v) is 11.0. The SMILES string of the molecule is O=C(NCc1cccc(CNC(=O)N(c2ccccc2)c2ccccc2)c1)NCC1CC1. The number of carbonyl (C=O) groups excluding carboxylic acids is 2. The quantitative estimate of drug-likeness (QED) is 0.475. The zero-order chi connectivity index (χ0) is 22.2. The average Bonchev–Trinajstić information content (AvgIpc) is 3.67. The number of benzene rings is 3. The summed E-state index contributed by atoms with van der Waals surface area (Å²) >= 11 is 0. The number of hydrogen-bond acceptors (Lipinski definition) is 2. The Morgan fingerprint density at radius 1 is 0.719 bits per heavy atom. The molecule has 0 unspecified atom stereocenters. The van der Waals surface area contributed by atoms with Crippen LogP contribution in [0.3, 0.4) is 0 Å². The summed E-state index contributed by atoms with van der Waals surface area (Å²) in [7, 11) is 0. The van der Waals surface area contributed by atoms with Gasteiger partial charge in [0, 0.05) is 19.6 Å². The van der Waals surface area contributed by atoms with Gasteiger partial charge in [0.15, 0.2) is 0 Å². The van der Waals surface area contributed by atoms with E-state index in [2.05, 4.69) is 16.0 Å². The summed E-state index contributed by atoms with van der Waals surface area (Å²) in [6, 6.07) is 26.7. The van der Waals surface area contributed by atoms with E-state index in [-0.39, 0.29) is 12.1 Å². The van der Waals surface area contributed by atoms with Crippen molar-refractivity contribution in [2.24, 2.45) is 5.92 Å². The predicted octanol–water partition coefficient (Wildman–Crippen LogP) is 4.94. The Morgan fingerprint density at radius 2 is 1.28 bits per heavy atom. The third kappa shape index (κ3) is 6.11. The van der Waals surface area contributed by atoms with E-state index >= 15 is 0 Å². The number of nitrogens with one attached hydrogen (secondary N) is 3. The molecule has 0 spiro atoms. The lowest BCUT2D eigenvalue weighted by atomic mass is 10.1. The van der Waals surface area contributed by atoms with Gasteiger partial charge in [-0.05, 0) is 54.2 Å². The molecule has 0 aliphatic heterocycles. The Morgan fingerprint density at radius 3 is 1.84 bits per heavy atom. The average molecular weight is 429 g/mol. The first kappa shape index (κ1) is 21.4. The number of anilines is 2. The summed E-state index contributed by atoms with van der Waals surface area (Å²) in [5.41, 5.74) is 3.55. The maximum absolute atomic E-state index is 13.1. The van der Waals surface area contributed by atoms with E-state index in [1.165, 1.54) is 12.8 Å². The molecule has 3 N–H and O–H groups in total. The Kier molecular flexibility index (Phi) is 7.02. The molecule has 0 atom stereocenters. The van der Waals surface area contributed by atoms with Crippen molar-refractivity contribution in [1.29, 1.82) is 0 Å². The van der Waals surface area contributed by atoms with E-state index in [0.29, 0.717) is 19.0 Å². The lowest BCUT2D eigenvalue weighted by molar-refractivity contribution is 0.240. The maximum atomic E-state index is 13.1. The summed E-state index contributed by atoms with van der Waals surface area (Å²) in [5, 5.41) is 8.81. The molecule has 4 amide bonds. The van der Waals surface area contributed by atoms with Crippen LogP contribution in [-0.4, -0.2) is 18.6 Å². The van der Waals surface area contributed by atoms with Gasteiger partial charge in [-0.1, -0.05) is 60.7 Å². The fourth-order valence-corrected chi connectivity index (χ4v) is 3.45. The second-order valence-electron chi connectivity index (χ2n) is 7.99. The molecule has 0 radical (unpaired) electrons. The minimum Gasteiger partial charge on any atom is -0.338 e. The van der Waals surface area contributed by atoms with Crippen LogP contribution >= 0.6 is 0 Å². The molecule has 1 aliphatic rings. The largest absolute Gasteiger partial charge is 0.338 e. The number of amides is 4. The van der Waals surface area contributed by atoms with Gasteiger partial charge in [0.1, 0.15) is 0 Å². The fourth-order valence-electron chi connectivity index (χ4n) is 3.45. The van der Waals surface area contributed by atoms with Crippen molar-refractivity contribution in [3.63, 3.8) is 0 Å². The van der Waals surface area contributed by atoms with Crippen molar-refractivity contribution in [3.05, 3.63) is 96.1 Å². The fraction of sp³-hybridized carbons (Fsp3) is 0.231. The van der Waals surface area contributed by atoms with Crippen molar-refractivity contribution in [2.75, 3.05) is 11.4 Å². The van der Waals surface area contributed by atoms with Crippen molar-refractivity contribution < 1.29 is 9.59 Å². The van der Waals surface area contributed by atoms with Gasteiger partial charge in [-0.3, -0.25) is 4.90 Å². The molecule has 6 heteroatoms. The highest BCUT2D eigenvalue weighted by Crippen LogP contribution is 2.27. The van der Waals surface area contributed by atoms with Gasteiger partial charge in [-0.25, -0.2) is 9.59 Å². The number of carbonyl (C=O) groups is 2. The molecule has 3 aromatic carbocycles. The molecule has 0 bridgehead atoms. The molecule has 6 nitrogen and oxygen atoms in total. The Labute approximate surface area is 188 Å². The van der Waals surface area contributed by atoms with Crippen LogP contribution in [0.5, 0.6) is 0 Å². The maximum Gasteiger partial charge on any atom is 0.326 e. The summed E-state index contributed by atoms with van der Waals surface area (Å²) in [5.74, 6) is 0.652. The number of nitrogens with zero attached hydrogens (tertiary/aromatic N) is 1. The summed E-state index contributed by atoms with van der Waals surface area (Å²) in [6.07, 6.45) is 2.42. The van der Waals surface area contributed by atoms with E-state index in [1.54, 1.807) is 4.90 Å². The molecule has 3 aromatic rings. The summed E-state index contributed by atoms with van der Waals surface area (Å²) in [4.78, 5) is 26.7. The van der Waals surface area contributed by atoms with Crippen LogP contribution in [0, 0.1) is 5.92 Å². The molecule has 1 fully saturated rings. The van der Waals surface area contributed by atoms with Crippen molar-refractivity contribution in [2.45, 2.75) is 25.9 Å². The zero-order valence-electron chi connectivity index (χ0n) is 18.0. The summed E-state index contributed by atoms with van der Waals surface area (Å²) in [6.45, 7) is 1.58. The molecule has 1 saturated carbocycles. The highest BCUT2D eigenvalue weighted by Gasteiger charge is 2.21. The van der Waals surface area contributed by atoms with Gasteiger partial charge < -0.3 is 16.0 Å². The highest BCUT2D eigenvalue weighted by molar-refractivity contribution is 5.99. The second-order valence-corrected chi connectivity index (χ2v) is 7.99. The normalized spacial score (nSPS) is 12.6. The lowest BCUT2D eigenvalue weighted by Crippen LogP contribution is -2.36. The van der Waals surface area contributed by atoms with Crippen LogP contribution in [0.2, 0.25) is 0 Å². The Hall–Kier alpha value is -3.80. The minimum absolute atomic E-state index is 0.142. The first-order chi connectivity index (χ1) is 15.7. The predicted molar refractivity (Wildman–Crippen MR) is 127 cm³/mol.